The van der Waals surface area contributed by atoms with E-state index in [4.69, 9.17) is 32.7 Å². The van der Waals surface area contributed by atoms with Crippen molar-refractivity contribution in [2.45, 2.75) is 0 Å². The fourth-order valence-corrected chi connectivity index (χ4v) is 2.42. The summed E-state index contributed by atoms with van der Waals surface area (Å²) in [7, 11) is 1.51. The molecular formula is C15H11BrCl2O3. The predicted octanol–water partition coefficient (Wildman–Crippen LogP) is 5.03. The molecular weight excluding hydrogens is 379 g/mol. The first-order chi connectivity index (χ1) is 10.0. The average molecular weight is 390 g/mol. The molecule has 0 aromatic heterocycles. The van der Waals surface area contributed by atoms with E-state index in [9.17, 15) is 4.79 Å². The van der Waals surface area contributed by atoms with Gasteiger partial charge in [0.2, 0.25) is 0 Å². The molecule has 0 saturated heterocycles. The van der Waals surface area contributed by atoms with Gasteiger partial charge in [0.15, 0.2) is 12.4 Å². The van der Waals surface area contributed by atoms with Gasteiger partial charge in [0.1, 0.15) is 11.5 Å². The zero-order valence-electron chi connectivity index (χ0n) is 11.0. The Kier molecular flexibility index (Phi) is 5.51. The monoisotopic (exact) mass is 388 g/mol. The van der Waals surface area contributed by atoms with Crippen molar-refractivity contribution in [1.29, 1.82) is 0 Å². The maximum atomic E-state index is 12.1. The van der Waals surface area contributed by atoms with Crippen molar-refractivity contribution in [2.24, 2.45) is 0 Å². The van der Waals surface area contributed by atoms with Gasteiger partial charge >= 0.3 is 0 Å². The van der Waals surface area contributed by atoms with E-state index < -0.39 is 0 Å². The first-order valence-electron chi connectivity index (χ1n) is 5.96. The summed E-state index contributed by atoms with van der Waals surface area (Å²) in [5.74, 6) is 0.763. The highest BCUT2D eigenvalue weighted by molar-refractivity contribution is 9.10. The Labute approximate surface area is 140 Å². The Balaban J connectivity index is 2.08. The zero-order valence-corrected chi connectivity index (χ0v) is 14.1. The van der Waals surface area contributed by atoms with Gasteiger partial charge in [-0.15, -0.1) is 0 Å². The zero-order chi connectivity index (χ0) is 15.4. The topological polar surface area (TPSA) is 35.5 Å². The number of methoxy groups -OCH3 is 1. The Morgan fingerprint density at radius 3 is 2.52 bits per heavy atom. The number of ketones is 1. The number of carbonyl (C=O) groups is 1. The van der Waals surface area contributed by atoms with E-state index in [1.807, 2.05) is 0 Å². The van der Waals surface area contributed by atoms with Gasteiger partial charge in [-0.3, -0.25) is 4.79 Å². The second-order valence-corrected chi connectivity index (χ2v) is 5.87. The number of Topliss-reactive ketones (excluding diaryl/α,β-unsaturated/α-hetero) is 1. The third-order valence-electron chi connectivity index (χ3n) is 2.73. The van der Waals surface area contributed by atoms with E-state index >= 15 is 0 Å². The molecule has 0 saturated carbocycles. The summed E-state index contributed by atoms with van der Waals surface area (Å²) < 4.78 is 11.3. The molecule has 2 aromatic carbocycles. The molecule has 0 heterocycles. The van der Waals surface area contributed by atoms with Crippen molar-refractivity contribution in [3.05, 3.63) is 56.5 Å². The van der Waals surface area contributed by atoms with E-state index in [1.54, 1.807) is 36.4 Å². The first kappa shape index (κ1) is 16.1. The molecule has 110 valence electrons. The summed E-state index contributed by atoms with van der Waals surface area (Å²) >= 11 is 15.3. The van der Waals surface area contributed by atoms with Crippen LogP contribution in [0.25, 0.3) is 0 Å². The fourth-order valence-electron chi connectivity index (χ4n) is 1.65. The van der Waals surface area contributed by atoms with E-state index in [-0.39, 0.29) is 12.4 Å². The molecule has 3 nitrogen and oxygen atoms in total. The number of carbonyl (C=O) groups excluding carboxylic acids is 1. The average Bonchev–Trinajstić information content (AvgIpc) is 2.47. The number of halogens is 3. The van der Waals surface area contributed by atoms with Crippen LogP contribution < -0.4 is 9.47 Å². The van der Waals surface area contributed by atoms with Crippen molar-refractivity contribution in [3.8, 4) is 11.5 Å². The summed E-state index contributed by atoms with van der Waals surface area (Å²) in [6, 6.07) is 10.0. The minimum atomic E-state index is -0.199. The van der Waals surface area contributed by atoms with Crippen molar-refractivity contribution in [3.63, 3.8) is 0 Å². The minimum Gasteiger partial charge on any atom is -0.495 e. The van der Waals surface area contributed by atoms with Crippen molar-refractivity contribution in [2.75, 3.05) is 13.7 Å². The lowest BCUT2D eigenvalue weighted by Crippen LogP contribution is -2.11. The molecule has 2 rings (SSSR count). The number of hydrogen-bond donors (Lipinski definition) is 0. The van der Waals surface area contributed by atoms with E-state index in [2.05, 4.69) is 15.9 Å². The molecule has 2 aromatic rings. The van der Waals surface area contributed by atoms with Crippen LogP contribution in [0.3, 0.4) is 0 Å². The highest BCUT2D eigenvalue weighted by atomic mass is 79.9. The van der Waals surface area contributed by atoms with E-state index in [0.717, 1.165) is 4.47 Å². The third kappa shape index (κ3) is 4.13. The van der Waals surface area contributed by atoms with Gasteiger partial charge in [-0.25, -0.2) is 0 Å². The first-order valence-corrected chi connectivity index (χ1v) is 7.50. The summed E-state index contributed by atoms with van der Waals surface area (Å²) in [6.45, 7) is -0.126. The van der Waals surface area contributed by atoms with Crippen LogP contribution in [0.5, 0.6) is 11.5 Å². The highest BCUT2D eigenvalue weighted by Gasteiger charge is 2.11. The number of benzene rings is 2. The molecule has 0 unspecified atom stereocenters. The summed E-state index contributed by atoms with van der Waals surface area (Å²) in [6.07, 6.45) is 0. The summed E-state index contributed by atoms with van der Waals surface area (Å²) in [4.78, 5) is 12.1. The van der Waals surface area contributed by atoms with Gasteiger partial charge < -0.3 is 9.47 Å². The van der Waals surface area contributed by atoms with E-state index in [0.29, 0.717) is 27.1 Å². The summed E-state index contributed by atoms with van der Waals surface area (Å²) in [5.41, 5.74) is 0.451. The number of ether oxygens (including phenoxy) is 2. The normalized spacial score (nSPS) is 10.3. The van der Waals surface area contributed by atoms with Gasteiger partial charge in [-0.05, 0) is 36.4 Å². The van der Waals surface area contributed by atoms with Crippen LogP contribution in [0, 0.1) is 0 Å². The lowest BCUT2D eigenvalue weighted by Gasteiger charge is -2.09. The smallest absolute Gasteiger partial charge is 0.200 e. The van der Waals surface area contributed by atoms with Gasteiger partial charge in [0.25, 0.3) is 0 Å². The molecule has 0 radical (unpaired) electrons. The summed E-state index contributed by atoms with van der Waals surface area (Å²) in [5, 5.41) is 0.822. The number of rotatable bonds is 5. The molecule has 0 aliphatic heterocycles. The number of hydrogen-bond acceptors (Lipinski definition) is 3. The quantitative estimate of drug-likeness (QED) is 0.673. The van der Waals surface area contributed by atoms with Crippen LogP contribution in [0.1, 0.15) is 10.4 Å². The molecule has 0 fully saturated rings. The molecule has 6 heteroatoms. The molecule has 0 N–H and O–H groups in total. The Morgan fingerprint density at radius 2 is 1.86 bits per heavy atom. The minimum absolute atomic E-state index is 0.126. The molecule has 21 heavy (non-hydrogen) atoms. The van der Waals surface area contributed by atoms with Crippen molar-refractivity contribution in [1.82, 2.24) is 0 Å². The van der Waals surface area contributed by atoms with Crippen molar-refractivity contribution >= 4 is 44.9 Å². The Morgan fingerprint density at radius 1 is 1.10 bits per heavy atom. The van der Waals surface area contributed by atoms with Crippen LogP contribution >= 0.6 is 39.1 Å². The van der Waals surface area contributed by atoms with Crippen LogP contribution in [0.4, 0.5) is 0 Å². The second kappa shape index (κ2) is 7.16. The third-order valence-corrected chi connectivity index (χ3v) is 3.83. The second-order valence-electron chi connectivity index (χ2n) is 4.14. The fraction of sp³-hybridized carbons (Fsp3) is 0.133. The molecule has 0 atom stereocenters. The highest BCUT2D eigenvalue weighted by Crippen LogP contribution is 2.28. The standard InChI is InChI=1S/C15H11BrCl2O3/c1-20-14-5-2-9(6-12(14)18)13(19)8-21-15-7-10(16)3-4-11(15)17/h2-7H,8H2,1H3. The Bertz CT molecular complexity index is 674. The lowest BCUT2D eigenvalue weighted by molar-refractivity contribution is 0.0921. The van der Waals surface area contributed by atoms with Crippen LogP contribution in [-0.4, -0.2) is 19.5 Å². The van der Waals surface area contributed by atoms with Crippen LogP contribution in [0.2, 0.25) is 10.0 Å². The molecule has 0 amide bonds. The molecule has 0 aliphatic rings. The predicted molar refractivity (Wildman–Crippen MR) is 87.0 cm³/mol. The van der Waals surface area contributed by atoms with Gasteiger partial charge in [0.05, 0.1) is 17.2 Å². The van der Waals surface area contributed by atoms with Crippen LogP contribution in [0.15, 0.2) is 40.9 Å². The largest absolute Gasteiger partial charge is 0.495 e. The molecule has 0 aliphatic carbocycles. The van der Waals surface area contributed by atoms with Gasteiger partial charge in [-0.1, -0.05) is 39.1 Å². The molecule has 0 spiro atoms. The van der Waals surface area contributed by atoms with Crippen molar-refractivity contribution < 1.29 is 14.3 Å². The molecule has 0 bridgehead atoms. The maximum absolute atomic E-state index is 12.1. The SMILES string of the molecule is COc1ccc(C(=O)COc2cc(Br)ccc2Cl)cc1Cl. The van der Waals surface area contributed by atoms with Gasteiger partial charge in [-0.2, -0.15) is 0 Å². The maximum Gasteiger partial charge on any atom is 0.200 e. The van der Waals surface area contributed by atoms with Crippen LogP contribution in [-0.2, 0) is 0 Å². The van der Waals surface area contributed by atoms with Gasteiger partial charge in [0, 0.05) is 10.0 Å². The lowest BCUT2D eigenvalue weighted by atomic mass is 10.1. The van der Waals surface area contributed by atoms with E-state index in [1.165, 1.54) is 7.11 Å². The Hall–Kier alpha value is -1.23.